The van der Waals surface area contributed by atoms with Gasteiger partial charge in [0.25, 0.3) is 0 Å². The minimum atomic E-state index is -0.727. The van der Waals surface area contributed by atoms with Crippen LogP contribution in [0.5, 0.6) is 0 Å². The van der Waals surface area contributed by atoms with Gasteiger partial charge in [-0.2, -0.15) is 5.26 Å². The third kappa shape index (κ3) is 4.56. The number of allylic oxidation sites excluding steroid dienone is 3. The molecule has 6 heteroatoms. The Bertz CT molecular complexity index is 1170. The molecule has 0 radical (unpaired) electrons. The molecule has 0 bridgehead atoms. The standard InChI is InChI=1S/C34H49NO5/c1-9-39-27(37)21-40-29(38)31(5)15-14-30(4)16-17-33(7)24(25(30)20-31)19-26(36)28-32(6,12-10-18-35)23(22(2)3)11-13-34(28,33)8/h19,23,25,28H,2,9-17,20-21H2,1,3-8H3/t23?,25?,28?,30-,31+,32+,33-,34-/m1/s1. The van der Waals surface area contributed by atoms with E-state index >= 15 is 0 Å². The number of ether oxygens (including phenoxy) is 2. The van der Waals surface area contributed by atoms with Gasteiger partial charge in [-0.05, 0) is 112 Å². The number of nitriles is 1. The number of carbonyl (C=O) groups excluding carboxylic acids is 3. The number of rotatable bonds is 7. The van der Waals surface area contributed by atoms with E-state index in [1.807, 2.05) is 13.0 Å². The van der Waals surface area contributed by atoms with Crippen LogP contribution in [-0.4, -0.2) is 30.9 Å². The van der Waals surface area contributed by atoms with Crippen molar-refractivity contribution in [3.63, 3.8) is 0 Å². The lowest BCUT2D eigenvalue weighted by atomic mass is 9.35. The van der Waals surface area contributed by atoms with Crippen molar-refractivity contribution in [2.45, 2.75) is 106 Å². The number of esters is 2. The van der Waals surface area contributed by atoms with Gasteiger partial charge in [-0.25, -0.2) is 4.79 Å². The van der Waals surface area contributed by atoms with Gasteiger partial charge < -0.3 is 9.47 Å². The lowest BCUT2D eigenvalue weighted by Crippen LogP contribution is -2.63. The van der Waals surface area contributed by atoms with Crippen molar-refractivity contribution in [1.82, 2.24) is 0 Å². The zero-order valence-corrected chi connectivity index (χ0v) is 25.8. The van der Waals surface area contributed by atoms with E-state index in [2.05, 4.69) is 47.3 Å². The quantitative estimate of drug-likeness (QED) is 0.247. The largest absolute Gasteiger partial charge is 0.463 e. The van der Waals surface area contributed by atoms with E-state index < -0.39 is 11.4 Å². The minimum Gasteiger partial charge on any atom is -0.463 e. The molecule has 0 aromatic heterocycles. The second-order valence-electron chi connectivity index (χ2n) is 14.6. The summed E-state index contributed by atoms with van der Waals surface area (Å²) >= 11 is 0. The Morgan fingerprint density at radius 3 is 2.38 bits per heavy atom. The molecule has 3 saturated carbocycles. The Morgan fingerprint density at radius 2 is 1.75 bits per heavy atom. The van der Waals surface area contributed by atoms with Crippen LogP contribution >= 0.6 is 0 Å². The van der Waals surface area contributed by atoms with E-state index in [-0.39, 0.29) is 64.4 Å². The summed E-state index contributed by atoms with van der Waals surface area (Å²) in [6, 6.07) is 2.35. The van der Waals surface area contributed by atoms with Gasteiger partial charge >= 0.3 is 11.9 Å². The molecule has 4 aliphatic rings. The zero-order chi connectivity index (χ0) is 29.7. The van der Waals surface area contributed by atoms with E-state index in [9.17, 15) is 19.6 Å². The number of ketones is 1. The highest BCUT2D eigenvalue weighted by atomic mass is 16.6. The van der Waals surface area contributed by atoms with E-state index in [0.717, 1.165) is 37.7 Å². The molecular formula is C34H49NO5. The summed E-state index contributed by atoms with van der Waals surface area (Å²) in [5, 5.41) is 9.51. The SMILES string of the molecule is C=C(C)C1CC[C@]2(C)C(C(=O)C=C3C4C[C@@](C)(C(=O)OCC(=O)OCC)CC[C@]4(C)CC[C@]32C)[C@@]1(C)CCC#N. The van der Waals surface area contributed by atoms with Crippen LogP contribution in [0.3, 0.4) is 0 Å². The fourth-order valence-electron chi connectivity index (χ4n) is 9.72. The van der Waals surface area contributed by atoms with Crippen molar-refractivity contribution in [1.29, 1.82) is 5.26 Å². The highest BCUT2D eigenvalue weighted by Crippen LogP contribution is 2.73. The fourth-order valence-corrected chi connectivity index (χ4v) is 9.72. The Balaban J connectivity index is 1.73. The monoisotopic (exact) mass is 551 g/mol. The van der Waals surface area contributed by atoms with Crippen LogP contribution in [0.4, 0.5) is 0 Å². The van der Waals surface area contributed by atoms with E-state index in [4.69, 9.17) is 9.47 Å². The van der Waals surface area contributed by atoms with Crippen LogP contribution in [0.15, 0.2) is 23.8 Å². The average molecular weight is 552 g/mol. The molecule has 8 atom stereocenters. The maximum absolute atomic E-state index is 14.4. The van der Waals surface area contributed by atoms with Crippen molar-refractivity contribution in [3.05, 3.63) is 23.8 Å². The van der Waals surface area contributed by atoms with E-state index in [1.54, 1.807) is 6.92 Å². The van der Waals surface area contributed by atoms with Crippen molar-refractivity contribution in [2.75, 3.05) is 13.2 Å². The van der Waals surface area contributed by atoms with Crippen LogP contribution in [0.2, 0.25) is 0 Å². The maximum Gasteiger partial charge on any atom is 0.344 e. The summed E-state index contributed by atoms with van der Waals surface area (Å²) in [6.07, 6.45) is 9.26. The lowest BCUT2D eigenvalue weighted by Gasteiger charge is -2.68. The molecule has 6 nitrogen and oxygen atoms in total. The minimum absolute atomic E-state index is 0.00870. The molecule has 0 aliphatic heterocycles. The number of fused-ring (bicyclic) bond motifs is 5. The summed E-state index contributed by atoms with van der Waals surface area (Å²) in [7, 11) is 0. The second kappa shape index (κ2) is 10.4. The van der Waals surface area contributed by atoms with E-state index in [0.29, 0.717) is 25.7 Å². The summed E-state index contributed by atoms with van der Waals surface area (Å²) in [4.78, 5) is 39.6. The fraction of sp³-hybridized carbons (Fsp3) is 0.765. The van der Waals surface area contributed by atoms with Gasteiger partial charge in [0.05, 0.1) is 18.1 Å². The first-order chi connectivity index (χ1) is 18.6. The van der Waals surface area contributed by atoms with E-state index in [1.165, 1.54) is 5.57 Å². The van der Waals surface area contributed by atoms with Crippen molar-refractivity contribution >= 4 is 17.7 Å². The van der Waals surface area contributed by atoms with Crippen molar-refractivity contribution < 1.29 is 23.9 Å². The number of carbonyl (C=O) groups is 3. The summed E-state index contributed by atoms with van der Waals surface area (Å²) < 4.78 is 10.4. The smallest absolute Gasteiger partial charge is 0.344 e. The highest BCUT2D eigenvalue weighted by molar-refractivity contribution is 5.95. The molecular weight excluding hydrogens is 502 g/mol. The first-order valence-electron chi connectivity index (χ1n) is 15.2. The van der Waals surface area contributed by atoms with Crippen molar-refractivity contribution in [2.24, 2.45) is 44.8 Å². The number of hydrogen-bond acceptors (Lipinski definition) is 6. The molecule has 0 spiro atoms. The van der Waals surface area contributed by atoms with Gasteiger partial charge in [0.2, 0.25) is 0 Å². The van der Waals surface area contributed by atoms with Gasteiger partial charge in [-0.15, -0.1) is 0 Å². The molecule has 0 N–H and O–H groups in total. The molecule has 220 valence electrons. The molecule has 0 saturated heterocycles. The van der Waals surface area contributed by atoms with Crippen LogP contribution in [0.1, 0.15) is 106 Å². The summed E-state index contributed by atoms with van der Waals surface area (Å²) in [6.45, 7) is 19.2. The van der Waals surface area contributed by atoms with Crippen molar-refractivity contribution in [3.8, 4) is 6.07 Å². The first-order valence-corrected chi connectivity index (χ1v) is 15.2. The number of hydrogen-bond donors (Lipinski definition) is 0. The molecule has 0 heterocycles. The summed E-state index contributed by atoms with van der Waals surface area (Å²) in [5.74, 6) is -0.579. The predicted octanol–water partition coefficient (Wildman–Crippen LogP) is 7.13. The lowest BCUT2D eigenvalue weighted by molar-refractivity contribution is -0.173. The normalized spacial score (nSPS) is 42.3. The van der Waals surface area contributed by atoms with Gasteiger partial charge in [0.1, 0.15) is 0 Å². The van der Waals surface area contributed by atoms with Crippen LogP contribution in [-0.2, 0) is 23.9 Å². The Labute approximate surface area is 240 Å². The molecule has 40 heavy (non-hydrogen) atoms. The molecule has 4 aliphatic carbocycles. The topological polar surface area (TPSA) is 93.5 Å². The van der Waals surface area contributed by atoms with Crippen LogP contribution in [0, 0.1) is 56.2 Å². The maximum atomic E-state index is 14.4. The van der Waals surface area contributed by atoms with Gasteiger partial charge in [0, 0.05) is 12.3 Å². The highest BCUT2D eigenvalue weighted by Gasteiger charge is 2.68. The second-order valence-corrected chi connectivity index (χ2v) is 14.6. The summed E-state index contributed by atoms with van der Waals surface area (Å²) in [5.41, 5.74) is 0.849. The molecule has 0 aromatic carbocycles. The predicted molar refractivity (Wildman–Crippen MR) is 154 cm³/mol. The molecule has 0 amide bonds. The van der Waals surface area contributed by atoms with Gasteiger partial charge in [-0.1, -0.05) is 45.4 Å². The van der Waals surface area contributed by atoms with Crippen LogP contribution in [0.25, 0.3) is 0 Å². The third-order valence-corrected chi connectivity index (χ3v) is 12.3. The molecule has 0 aromatic rings. The first kappa shape index (κ1) is 30.5. The van der Waals surface area contributed by atoms with Crippen LogP contribution < -0.4 is 0 Å². The molecule has 3 fully saturated rings. The molecule has 3 unspecified atom stereocenters. The zero-order valence-electron chi connectivity index (χ0n) is 25.8. The Hall–Kier alpha value is -2.42. The third-order valence-electron chi connectivity index (χ3n) is 12.3. The van der Waals surface area contributed by atoms with Gasteiger partial charge in [-0.3, -0.25) is 9.59 Å². The van der Waals surface area contributed by atoms with Gasteiger partial charge in [0.15, 0.2) is 12.4 Å². The Morgan fingerprint density at radius 1 is 1.07 bits per heavy atom. The Kier molecular flexibility index (Phi) is 7.97. The average Bonchev–Trinajstić information content (AvgIpc) is 2.88. The molecule has 4 rings (SSSR count). The number of nitrogens with zero attached hydrogens (tertiary/aromatic N) is 1.